The van der Waals surface area contributed by atoms with Crippen molar-refractivity contribution in [1.29, 1.82) is 0 Å². The molecule has 0 unspecified atom stereocenters. The molecule has 0 bridgehead atoms. The Bertz CT molecular complexity index is 1170. The van der Waals surface area contributed by atoms with E-state index in [0.29, 0.717) is 60.3 Å². The second kappa shape index (κ2) is 8.91. The van der Waals surface area contributed by atoms with E-state index < -0.39 is 15.7 Å². The summed E-state index contributed by atoms with van der Waals surface area (Å²) in [6.07, 6.45) is 0.787. The summed E-state index contributed by atoms with van der Waals surface area (Å²) in [5.41, 5.74) is 1.94. The number of hydrogen-bond acceptors (Lipinski definition) is 5. The Kier molecular flexibility index (Phi) is 6.48. The quantitative estimate of drug-likeness (QED) is 0.646. The molecule has 0 aromatic heterocycles. The first-order valence-corrected chi connectivity index (χ1v) is 12.8. The Morgan fingerprint density at radius 1 is 1.06 bits per heavy atom. The van der Waals surface area contributed by atoms with Gasteiger partial charge in [0, 0.05) is 37.5 Å². The highest BCUT2D eigenvalue weighted by Crippen LogP contribution is 2.40. The van der Waals surface area contributed by atoms with Crippen LogP contribution >= 0.6 is 11.6 Å². The number of nitrogens with zero attached hydrogens (tertiary/aromatic N) is 2. The maximum atomic E-state index is 13.8. The molecule has 0 aliphatic carbocycles. The molecule has 2 aliphatic heterocycles. The predicted molar refractivity (Wildman–Crippen MR) is 126 cm³/mol. The van der Waals surface area contributed by atoms with Gasteiger partial charge in [-0.2, -0.15) is 4.31 Å². The number of piperidine rings is 1. The van der Waals surface area contributed by atoms with Gasteiger partial charge < -0.3 is 14.4 Å². The van der Waals surface area contributed by atoms with E-state index in [-0.39, 0.29) is 5.91 Å². The molecule has 9 heteroatoms. The standard InChI is InChI=1S/C24H29ClN2O5S/c1-16-13-17(2)22(18(3)14-16)33(29,30)27-11-12-32-24(27)7-9-26(10-8-24)23(28)20-15-19(25)5-6-21(20)31-4/h5-6,13-15H,7-12H2,1-4H3. The zero-order chi connectivity index (χ0) is 24.0. The fourth-order valence-corrected chi connectivity index (χ4v) is 7.40. The molecule has 0 N–H and O–H groups in total. The number of aryl methyl sites for hydroxylation is 3. The van der Waals surface area contributed by atoms with Crippen molar-refractivity contribution >= 4 is 27.5 Å². The van der Waals surface area contributed by atoms with E-state index >= 15 is 0 Å². The Labute approximate surface area is 200 Å². The van der Waals surface area contributed by atoms with Gasteiger partial charge in [-0.15, -0.1) is 0 Å². The zero-order valence-electron chi connectivity index (χ0n) is 19.4. The number of halogens is 1. The third-order valence-corrected chi connectivity index (χ3v) is 8.99. The molecule has 2 fully saturated rings. The van der Waals surface area contributed by atoms with Gasteiger partial charge in [-0.05, 0) is 50.1 Å². The number of methoxy groups -OCH3 is 1. The SMILES string of the molecule is COc1ccc(Cl)cc1C(=O)N1CCC2(CC1)OCCN2S(=O)(=O)c1c(C)cc(C)cc1C. The van der Waals surface area contributed by atoms with Crippen LogP contribution in [0.4, 0.5) is 0 Å². The number of carbonyl (C=O) groups excluding carboxylic acids is 1. The summed E-state index contributed by atoms with van der Waals surface area (Å²) in [5.74, 6) is 0.262. The van der Waals surface area contributed by atoms with Gasteiger partial charge in [0.25, 0.3) is 5.91 Å². The van der Waals surface area contributed by atoms with Crippen molar-refractivity contribution in [3.8, 4) is 5.75 Å². The van der Waals surface area contributed by atoms with E-state index in [2.05, 4.69) is 0 Å². The first-order chi connectivity index (χ1) is 15.6. The highest BCUT2D eigenvalue weighted by atomic mass is 35.5. The van der Waals surface area contributed by atoms with E-state index in [1.165, 1.54) is 11.4 Å². The predicted octanol–water partition coefficient (Wildman–Crippen LogP) is 3.93. The van der Waals surface area contributed by atoms with Crippen molar-refractivity contribution in [2.45, 2.75) is 44.2 Å². The highest BCUT2D eigenvalue weighted by molar-refractivity contribution is 7.89. The molecule has 33 heavy (non-hydrogen) atoms. The van der Waals surface area contributed by atoms with Gasteiger partial charge in [-0.3, -0.25) is 4.79 Å². The highest BCUT2D eigenvalue weighted by Gasteiger charge is 2.51. The minimum atomic E-state index is -3.76. The van der Waals surface area contributed by atoms with Crippen molar-refractivity contribution < 1.29 is 22.7 Å². The number of carbonyl (C=O) groups is 1. The molecule has 2 aromatic carbocycles. The van der Waals surface area contributed by atoms with Crippen molar-refractivity contribution in [3.05, 3.63) is 57.6 Å². The Morgan fingerprint density at radius 3 is 2.30 bits per heavy atom. The van der Waals surface area contributed by atoms with Crippen LogP contribution in [0, 0.1) is 20.8 Å². The van der Waals surface area contributed by atoms with Gasteiger partial charge in [0.2, 0.25) is 10.0 Å². The molecule has 2 aromatic rings. The second-order valence-electron chi connectivity index (χ2n) is 8.74. The normalized spacial score (nSPS) is 18.6. The summed E-state index contributed by atoms with van der Waals surface area (Å²) in [6.45, 7) is 6.98. The van der Waals surface area contributed by atoms with Crippen molar-refractivity contribution in [2.24, 2.45) is 0 Å². The first kappa shape index (κ1) is 24.0. The molecule has 1 spiro atoms. The number of benzene rings is 2. The molecule has 2 aliphatic rings. The molecular weight excluding hydrogens is 464 g/mol. The lowest BCUT2D eigenvalue weighted by Crippen LogP contribution is -2.55. The molecule has 2 saturated heterocycles. The maximum Gasteiger partial charge on any atom is 0.257 e. The van der Waals surface area contributed by atoms with Crippen LogP contribution in [0.1, 0.15) is 39.9 Å². The van der Waals surface area contributed by atoms with Crippen LogP contribution in [0.5, 0.6) is 5.75 Å². The molecule has 7 nitrogen and oxygen atoms in total. The van der Waals surface area contributed by atoms with Gasteiger partial charge in [-0.1, -0.05) is 29.3 Å². The van der Waals surface area contributed by atoms with Crippen molar-refractivity contribution in [3.63, 3.8) is 0 Å². The lowest BCUT2D eigenvalue weighted by Gasteiger charge is -2.43. The van der Waals surface area contributed by atoms with E-state index in [9.17, 15) is 13.2 Å². The Morgan fingerprint density at radius 2 is 1.70 bits per heavy atom. The minimum absolute atomic E-state index is 0.193. The van der Waals surface area contributed by atoms with Crippen molar-refractivity contribution in [1.82, 2.24) is 9.21 Å². The van der Waals surface area contributed by atoms with Gasteiger partial charge in [0.1, 0.15) is 11.5 Å². The molecular formula is C24H29ClN2O5S. The smallest absolute Gasteiger partial charge is 0.257 e. The summed E-state index contributed by atoms with van der Waals surface area (Å²) in [4.78, 5) is 15.2. The third-order valence-electron chi connectivity index (χ3n) is 6.50. The molecule has 2 heterocycles. The van der Waals surface area contributed by atoms with Crippen LogP contribution in [0.2, 0.25) is 5.02 Å². The molecule has 178 valence electrons. The number of amides is 1. The summed E-state index contributed by atoms with van der Waals surface area (Å²) >= 11 is 6.10. The third kappa shape index (κ3) is 4.25. The minimum Gasteiger partial charge on any atom is -0.496 e. The van der Waals surface area contributed by atoms with Gasteiger partial charge in [-0.25, -0.2) is 8.42 Å². The molecule has 1 amide bonds. The number of hydrogen-bond donors (Lipinski definition) is 0. The fraction of sp³-hybridized carbons (Fsp3) is 0.458. The van der Waals surface area contributed by atoms with Crippen LogP contribution < -0.4 is 4.74 Å². The van der Waals surface area contributed by atoms with E-state index in [4.69, 9.17) is 21.1 Å². The summed E-state index contributed by atoms with van der Waals surface area (Å²) in [6, 6.07) is 8.72. The zero-order valence-corrected chi connectivity index (χ0v) is 20.9. The first-order valence-electron chi connectivity index (χ1n) is 11.0. The molecule has 0 radical (unpaired) electrons. The molecule has 0 atom stereocenters. The van der Waals surface area contributed by atoms with E-state index in [1.54, 1.807) is 23.1 Å². The Hall–Kier alpha value is -2.13. The topological polar surface area (TPSA) is 76.2 Å². The van der Waals surface area contributed by atoms with Gasteiger partial charge >= 0.3 is 0 Å². The number of likely N-dealkylation sites (tertiary alicyclic amines) is 1. The molecule has 0 saturated carbocycles. The monoisotopic (exact) mass is 492 g/mol. The second-order valence-corrected chi connectivity index (χ2v) is 11.0. The lowest BCUT2D eigenvalue weighted by molar-refractivity contribution is -0.0857. The lowest BCUT2D eigenvalue weighted by atomic mass is 9.99. The average Bonchev–Trinajstić information content (AvgIpc) is 3.16. The average molecular weight is 493 g/mol. The van der Waals surface area contributed by atoms with E-state index in [0.717, 1.165) is 16.7 Å². The summed E-state index contributed by atoms with van der Waals surface area (Å²) in [7, 11) is -2.25. The maximum absolute atomic E-state index is 13.8. The number of ether oxygens (including phenoxy) is 2. The van der Waals surface area contributed by atoms with Gasteiger partial charge in [0.15, 0.2) is 0 Å². The largest absolute Gasteiger partial charge is 0.496 e. The molecule has 4 rings (SSSR count). The Balaban J connectivity index is 1.58. The van der Waals surface area contributed by atoms with Crippen molar-refractivity contribution in [2.75, 3.05) is 33.4 Å². The van der Waals surface area contributed by atoms with Crippen LogP contribution in [-0.4, -0.2) is 62.6 Å². The summed E-state index contributed by atoms with van der Waals surface area (Å²) in [5, 5.41) is 0.452. The van der Waals surface area contributed by atoms with Crippen LogP contribution in [0.15, 0.2) is 35.2 Å². The van der Waals surface area contributed by atoms with Crippen LogP contribution in [-0.2, 0) is 14.8 Å². The van der Waals surface area contributed by atoms with Gasteiger partial charge in [0.05, 0.1) is 24.2 Å². The fourth-order valence-electron chi connectivity index (χ4n) is 5.09. The summed E-state index contributed by atoms with van der Waals surface area (Å²) < 4.78 is 40.4. The number of sulfonamides is 1. The van der Waals surface area contributed by atoms with E-state index in [1.807, 2.05) is 32.9 Å². The number of rotatable bonds is 4. The van der Waals surface area contributed by atoms with Crippen LogP contribution in [0.25, 0.3) is 0 Å². The van der Waals surface area contributed by atoms with Crippen LogP contribution in [0.3, 0.4) is 0 Å².